The lowest BCUT2D eigenvalue weighted by Gasteiger charge is -2.28. The monoisotopic (exact) mass is 314 g/mol. The zero-order valence-electron chi connectivity index (χ0n) is 11.8. The summed E-state index contributed by atoms with van der Waals surface area (Å²) in [6.45, 7) is 2.35. The normalized spacial score (nSPS) is 13.1. The van der Waals surface area contributed by atoms with Gasteiger partial charge in [0, 0.05) is 11.5 Å². The van der Waals surface area contributed by atoms with E-state index in [0.717, 1.165) is 0 Å². The fraction of sp³-hybridized carbons (Fsp3) is 0.462. The highest BCUT2D eigenvalue weighted by atomic mass is 35.5. The van der Waals surface area contributed by atoms with Gasteiger partial charge < -0.3 is 4.74 Å². The van der Waals surface area contributed by atoms with E-state index in [4.69, 9.17) is 21.9 Å². The van der Waals surface area contributed by atoms with Crippen LogP contribution in [-0.2, 0) is 15.1 Å². The van der Waals surface area contributed by atoms with E-state index in [1.165, 1.54) is 25.3 Å². The van der Waals surface area contributed by atoms with Crippen molar-refractivity contribution in [2.24, 2.45) is 5.11 Å². The molecule has 1 aromatic carbocycles. The van der Waals surface area contributed by atoms with Crippen molar-refractivity contribution < 1.29 is 13.9 Å². The van der Waals surface area contributed by atoms with Crippen LogP contribution in [0.4, 0.5) is 4.39 Å². The number of hydrogen-bond donors (Lipinski definition) is 1. The van der Waals surface area contributed by atoms with Crippen molar-refractivity contribution in [1.82, 2.24) is 5.32 Å². The third-order valence-electron chi connectivity index (χ3n) is 3.07. The van der Waals surface area contributed by atoms with Crippen LogP contribution in [0.3, 0.4) is 0 Å². The predicted octanol–water partition coefficient (Wildman–Crippen LogP) is 3.16. The molecule has 1 atom stereocenters. The number of rotatable bonds is 7. The Balaban J connectivity index is 2.94. The van der Waals surface area contributed by atoms with Gasteiger partial charge in [-0.25, -0.2) is 9.18 Å². The molecule has 114 valence electrons. The number of hydrogen-bond acceptors (Lipinski definition) is 4. The summed E-state index contributed by atoms with van der Waals surface area (Å²) in [5, 5.41) is 6.37. The van der Waals surface area contributed by atoms with Gasteiger partial charge in [-0.1, -0.05) is 22.8 Å². The van der Waals surface area contributed by atoms with Crippen LogP contribution >= 0.6 is 11.6 Å². The van der Waals surface area contributed by atoms with Gasteiger partial charge in [-0.3, -0.25) is 5.32 Å². The average Bonchev–Trinajstić information content (AvgIpc) is 2.48. The molecule has 0 aliphatic carbocycles. The number of nitrogens with zero attached hydrogens (tertiary/aromatic N) is 3. The highest BCUT2D eigenvalue weighted by Crippen LogP contribution is 2.26. The Hall–Kier alpha value is -1.82. The number of halogens is 2. The number of esters is 1. The predicted molar refractivity (Wildman–Crippen MR) is 77.4 cm³/mol. The Morgan fingerprint density at radius 2 is 2.33 bits per heavy atom. The summed E-state index contributed by atoms with van der Waals surface area (Å²) in [6.07, 6.45) is 0.547. The topological polar surface area (TPSA) is 87.1 Å². The van der Waals surface area contributed by atoms with Crippen LogP contribution in [0.25, 0.3) is 10.4 Å². The number of nitrogens with one attached hydrogen (secondary N) is 1. The largest absolute Gasteiger partial charge is 0.467 e. The average molecular weight is 315 g/mol. The number of ether oxygens (including phenoxy) is 1. The standard InChI is InChI=1S/C13H16ClFN4O2/c1-13(12(20)21-2,17-6-3-7-18-19-16)9-4-5-11(15)10(14)8-9/h4-5,8,17H,3,6-7H2,1-2H3. The number of azide groups is 1. The lowest BCUT2D eigenvalue weighted by atomic mass is 9.91. The summed E-state index contributed by atoms with van der Waals surface area (Å²) in [5.74, 6) is -1.08. The smallest absolute Gasteiger partial charge is 0.330 e. The second-order valence-corrected chi connectivity index (χ2v) is 4.89. The first-order chi connectivity index (χ1) is 9.95. The van der Waals surface area contributed by atoms with Crippen LogP contribution in [0.15, 0.2) is 23.3 Å². The highest BCUT2D eigenvalue weighted by Gasteiger charge is 2.36. The van der Waals surface area contributed by atoms with Gasteiger partial charge in [0.15, 0.2) is 0 Å². The molecule has 0 aromatic heterocycles. The molecule has 0 aliphatic rings. The summed E-state index contributed by atoms with van der Waals surface area (Å²) in [6, 6.07) is 4.05. The molecule has 0 saturated carbocycles. The Morgan fingerprint density at radius 1 is 1.62 bits per heavy atom. The van der Waals surface area contributed by atoms with E-state index in [-0.39, 0.29) is 5.02 Å². The minimum Gasteiger partial charge on any atom is -0.467 e. The summed E-state index contributed by atoms with van der Waals surface area (Å²) >= 11 is 5.76. The summed E-state index contributed by atoms with van der Waals surface area (Å²) in [7, 11) is 1.27. The van der Waals surface area contributed by atoms with E-state index < -0.39 is 17.3 Å². The van der Waals surface area contributed by atoms with Gasteiger partial charge in [0.1, 0.15) is 11.4 Å². The minimum absolute atomic E-state index is 0.0708. The number of methoxy groups -OCH3 is 1. The SMILES string of the molecule is COC(=O)C(C)(NCCCN=[N+]=[N-])c1ccc(F)c(Cl)c1. The number of benzene rings is 1. The molecule has 1 unspecified atom stereocenters. The third kappa shape index (κ3) is 4.32. The Labute approximate surface area is 126 Å². The molecule has 0 heterocycles. The maximum Gasteiger partial charge on any atom is 0.330 e. The van der Waals surface area contributed by atoms with Crippen molar-refractivity contribution in [1.29, 1.82) is 0 Å². The van der Waals surface area contributed by atoms with Crippen molar-refractivity contribution in [3.63, 3.8) is 0 Å². The van der Waals surface area contributed by atoms with Crippen LogP contribution in [0, 0.1) is 5.82 Å². The van der Waals surface area contributed by atoms with Crippen molar-refractivity contribution in [3.8, 4) is 0 Å². The van der Waals surface area contributed by atoms with Crippen LogP contribution < -0.4 is 5.32 Å². The zero-order chi connectivity index (χ0) is 15.9. The summed E-state index contributed by atoms with van der Waals surface area (Å²) in [5.41, 5.74) is 7.53. The van der Waals surface area contributed by atoms with Crippen molar-refractivity contribution in [2.45, 2.75) is 18.9 Å². The maximum atomic E-state index is 13.2. The van der Waals surface area contributed by atoms with Gasteiger partial charge >= 0.3 is 5.97 Å². The molecular formula is C13H16ClFN4O2. The molecule has 1 N–H and O–H groups in total. The van der Waals surface area contributed by atoms with Crippen molar-refractivity contribution >= 4 is 17.6 Å². The Kier molecular flexibility index (Phi) is 6.42. The van der Waals surface area contributed by atoms with E-state index in [1.54, 1.807) is 6.92 Å². The van der Waals surface area contributed by atoms with E-state index in [1.807, 2.05) is 0 Å². The minimum atomic E-state index is -1.16. The molecule has 0 amide bonds. The van der Waals surface area contributed by atoms with Gasteiger partial charge in [-0.05, 0) is 43.1 Å². The van der Waals surface area contributed by atoms with Gasteiger partial charge in [-0.2, -0.15) is 0 Å². The molecule has 1 rings (SSSR count). The second-order valence-electron chi connectivity index (χ2n) is 4.48. The molecule has 21 heavy (non-hydrogen) atoms. The van der Waals surface area contributed by atoms with E-state index in [0.29, 0.717) is 25.1 Å². The van der Waals surface area contributed by atoms with Crippen molar-refractivity contribution in [2.75, 3.05) is 20.2 Å². The molecule has 0 saturated heterocycles. The summed E-state index contributed by atoms with van der Waals surface area (Å²) < 4.78 is 18.0. The van der Waals surface area contributed by atoms with E-state index in [2.05, 4.69) is 15.3 Å². The third-order valence-corrected chi connectivity index (χ3v) is 3.36. The first-order valence-corrected chi connectivity index (χ1v) is 6.63. The van der Waals surface area contributed by atoms with Crippen LogP contribution in [0.1, 0.15) is 18.9 Å². The molecule has 0 spiro atoms. The zero-order valence-corrected chi connectivity index (χ0v) is 12.5. The molecular weight excluding hydrogens is 299 g/mol. The molecule has 1 aromatic rings. The van der Waals surface area contributed by atoms with E-state index >= 15 is 0 Å². The molecule has 6 nitrogen and oxygen atoms in total. The molecule has 0 aliphatic heterocycles. The Morgan fingerprint density at radius 3 is 2.90 bits per heavy atom. The van der Waals surface area contributed by atoms with Gasteiger partial charge in [-0.15, -0.1) is 0 Å². The van der Waals surface area contributed by atoms with Crippen LogP contribution in [-0.4, -0.2) is 26.2 Å². The lowest BCUT2D eigenvalue weighted by Crippen LogP contribution is -2.48. The first kappa shape index (κ1) is 17.2. The molecule has 8 heteroatoms. The van der Waals surface area contributed by atoms with Gasteiger partial charge in [0.25, 0.3) is 0 Å². The van der Waals surface area contributed by atoms with Crippen LogP contribution in [0.5, 0.6) is 0 Å². The quantitative estimate of drug-likeness (QED) is 0.276. The fourth-order valence-corrected chi connectivity index (χ4v) is 2.02. The number of carbonyl (C=O) groups is 1. The molecule has 0 fully saturated rings. The van der Waals surface area contributed by atoms with E-state index in [9.17, 15) is 9.18 Å². The molecule has 0 radical (unpaired) electrons. The first-order valence-electron chi connectivity index (χ1n) is 6.25. The van der Waals surface area contributed by atoms with Crippen LogP contribution in [0.2, 0.25) is 5.02 Å². The van der Waals surface area contributed by atoms with Gasteiger partial charge in [0.05, 0.1) is 12.1 Å². The summed E-state index contributed by atoms with van der Waals surface area (Å²) in [4.78, 5) is 14.7. The Bertz CT molecular complexity index is 563. The van der Waals surface area contributed by atoms with Crippen molar-refractivity contribution in [3.05, 3.63) is 45.0 Å². The second kappa shape index (κ2) is 7.83. The maximum absolute atomic E-state index is 13.2. The van der Waals surface area contributed by atoms with Gasteiger partial charge in [0.2, 0.25) is 0 Å². The number of carbonyl (C=O) groups excluding carboxylic acids is 1. The lowest BCUT2D eigenvalue weighted by molar-refractivity contribution is -0.148. The highest BCUT2D eigenvalue weighted by molar-refractivity contribution is 6.30. The molecule has 0 bridgehead atoms. The fourth-order valence-electron chi connectivity index (χ4n) is 1.84.